The van der Waals surface area contributed by atoms with Gasteiger partial charge in [0.25, 0.3) is 5.91 Å². The third-order valence-corrected chi connectivity index (χ3v) is 8.33. The first-order valence-corrected chi connectivity index (χ1v) is 13.7. The van der Waals surface area contributed by atoms with Gasteiger partial charge in [-0.2, -0.15) is 0 Å². The van der Waals surface area contributed by atoms with E-state index < -0.39 is 17.5 Å². The second-order valence-electron chi connectivity index (χ2n) is 12.1. The fourth-order valence-corrected chi connectivity index (χ4v) is 5.77. The van der Waals surface area contributed by atoms with Gasteiger partial charge >= 0.3 is 0 Å². The average molecular weight is 531 g/mol. The Bertz CT molecular complexity index is 1390. The minimum absolute atomic E-state index is 0.161. The lowest BCUT2D eigenvalue weighted by atomic mass is 9.89. The summed E-state index contributed by atoms with van der Waals surface area (Å²) in [4.78, 5) is 32.2. The molecule has 5 rings (SSSR count). The van der Waals surface area contributed by atoms with Crippen LogP contribution in [0.3, 0.4) is 0 Å². The first kappa shape index (κ1) is 27.1. The van der Waals surface area contributed by atoms with E-state index in [2.05, 4.69) is 26.0 Å². The van der Waals surface area contributed by atoms with Gasteiger partial charge < -0.3 is 15.4 Å². The monoisotopic (exact) mass is 530 g/mol. The number of hydrogen-bond donors (Lipinski definition) is 3. The molecule has 0 radical (unpaired) electrons. The van der Waals surface area contributed by atoms with E-state index in [1.165, 1.54) is 4.90 Å². The Hall–Kier alpha value is -3.49. The Kier molecular flexibility index (Phi) is 7.11. The number of nitrogens with one attached hydrogen (secondary N) is 1. The number of hydroxylamine groups is 1. The van der Waals surface area contributed by atoms with Crippen LogP contribution in [0, 0.1) is 11.3 Å². The summed E-state index contributed by atoms with van der Waals surface area (Å²) in [5.74, 6) is 0.393. The number of nitrogens with two attached hydrogens (primary N) is 1. The van der Waals surface area contributed by atoms with Gasteiger partial charge in [-0.3, -0.25) is 19.8 Å². The van der Waals surface area contributed by atoms with E-state index in [-0.39, 0.29) is 17.2 Å². The van der Waals surface area contributed by atoms with Gasteiger partial charge in [-0.15, -0.1) is 0 Å². The highest BCUT2D eigenvalue weighted by Gasteiger charge is 2.49. The molecule has 2 aliphatic rings. The molecule has 39 heavy (non-hydrogen) atoms. The molecule has 3 aromatic rings. The van der Waals surface area contributed by atoms with Crippen molar-refractivity contribution in [3.8, 4) is 5.75 Å². The highest BCUT2D eigenvalue weighted by atomic mass is 16.5. The van der Waals surface area contributed by atoms with Gasteiger partial charge in [0.1, 0.15) is 23.9 Å². The van der Waals surface area contributed by atoms with Crippen molar-refractivity contribution < 1.29 is 19.5 Å². The fourth-order valence-electron chi connectivity index (χ4n) is 5.77. The highest BCUT2D eigenvalue weighted by molar-refractivity contribution is 5.94. The molecular formula is C31H38N4O4. The molecule has 3 atom stereocenters. The van der Waals surface area contributed by atoms with Crippen LogP contribution in [-0.2, 0) is 21.7 Å². The van der Waals surface area contributed by atoms with Crippen LogP contribution in [0.5, 0.6) is 5.75 Å². The first-order chi connectivity index (χ1) is 18.5. The van der Waals surface area contributed by atoms with Crippen LogP contribution in [0.4, 0.5) is 0 Å². The van der Waals surface area contributed by atoms with Gasteiger partial charge in [0, 0.05) is 29.1 Å². The normalized spacial score (nSPS) is 22.8. The minimum Gasteiger partial charge on any atom is -0.489 e. The molecule has 8 nitrogen and oxygen atoms in total. The van der Waals surface area contributed by atoms with Crippen LogP contribution in [-0.4, -0.2) is 39.5 Å². The van der Waals surface area contributed by atoms with Crippen molar-refractivity contribution in [2.75, 3.05) is 6.54 Å². The van der Waals surface area contributed by atoms with E-state index in [1.807, 2.05) is 56.3 Å². The summed E-state index contributed by atoms with van der Waals surface area (Å²) in [7, 11) is 0. The van der Waals surface area contributed by atoms with Crippen molar-refractivity contribution in [2.45, 2.75) is 71.1 Å². The number of para-hydroxylation sites is 1. The Morgan fingerprint density at radius 2 is 1.90 bits per heavy atom. The van der Waals surface area contributed by atoms with Crippen LogP contribution in [0.1, 0.15) is 69.7 Å². The molecular weight excluding hydrogens is 492 g/mol. The fraction of sp³-hybridized carbons (Fsp3) is 0.452. The van der Waals surface area contributed by atoms with E-state index in [4.69, 9.17) is 15.5 Å². The van der Waals surface area contributed by atoms with Gasteiger partial charge in [-0.05, 0) is 60.4 Å². The molecule has 1 aliphatic carbocycles. The molecule has 2 amide bonds. The standard InChI is InChI=1S/C31H38N4O4/c1-19(2)15-27(28(36)34-38)35-14-13-31(32,29(35)37)21-9-11-22(12-10-21)39-18-20-16-26(24-17-30(24,3)4)33-25-8-6-5-7-23(20)25/h5-12,16,19,24,27,38H,13-15,17-18,32H2,1-4H3,(H,34,36). The zero-order valence-corrected chi connectivity index (χ0v) is 23.1. The van der Waals surface area contributed by atoms with E-state index in [0.29, 0.717) is 43.2 Å². The number of amides is 2. The second-order valence-corrected chi connectivity index (χ2v) is 12.1. The van der Waals surface area contributed by atoms with Crippen molar-refractivity contribution in [3.05, 3.63) is 71.4 Å². The number of rotatable bonds is 9. The molecule has 1 saturated heterocycles. The highest BCUT2D eigenvalue weighted by Crippen LogP contribution is 2.58. The van der Waals surface area contributed by atoms with Gasteiger partial charge in [-0.1, -0.05) is 58.0 Å². The number of pyridine rings is 1. The molecule has 3 unspecified atom stereocenters. The molecule has 4 N–H and O–H groups in total. The van der Waals surface area contributed by atoms with Crippen LogP contribution in [0.2, 0.25) is 0 Å². The second kappa shape index (κ2) is 10.2. The molecule has 206 valence electrons. The number of carbonyl (C=O) groups excluding carboxylic acids is 2. The van der Waals surface area contributed by atoms with Gasteiger partial charge in [0.15, 0.2) is 0 Å². The maximum absolute atomic E-state index is 13.4. The summed E-state index contributed by atoms with van der Waals surface area (Å²) < 4.78 is 6.19. The van der Waals surface area contributed by atoms with Crippen LogP contribution in [0.25, 0.3) is 10.9 Å². The van der Waals surface area contributed by atoms with Crippen molar-refractivity contribution >= 4 is 22.7 Å². The zero-order chi connectivity index (χ0) is 27.9. The van der Waals surface area contributed by atoms with E-state index in [0.717, 1.165) is 28.6 Å². The number of aromatic nitrogens is 1. The van der Waals surface area contributed by atoms with Crippen molar-refractivity contribution in [3.63, 3.8) is 0 Å². The van der Waals surface area contributed by atoms with Gasteiger partial charge in [-0.25, -0.2) is 5.48 Å². The Labute approximate surface area is 229 Å². The predicted molar refractivity (Wildman–Crippen MR) is 149 cm³/mol. The largest absolute Gasteiger partial charge is 0.489 e. The number of ether oxygens (including phenoxy) is 1. The summed E-state index contributed by atoms with van der Waals surface area (Å²) in [6.45, 7) is 9.22. The molecule has 2 heterocycles. The predicted octanol–water partition coefficient (Wildman–Crippen LogP) is 4.63. The topological polar surface area (TPSA) is 118 Å². The molecule has 1 aromatic heterocycles. The number of carbonyl (C=O) groups is 2. The van der Waals surface area contributed by atoms with Crippen molar-refractivity contribution in [2.24, 2.45) is 17.1 Å². The number of likely N-dealkylation sites (tertiary alicyclic amines) is 1. The summed E-state index contributed by atoms with van der Waals surface area (Å²) in [6.07, 6.45) is 1.95. The molecule has 2 fully saturated rings. The first-order valence-electron chi connectivity index (χ1n) is 13.7. The summed E-state index contributed by atoms with van der Waals surface area (Å²) in [5.41, 5.74) is 11.2. The number of fused-ring (bicyclic) bond motifs is 1. The maximum Gasteiger partial charge on any atom is 0.266 e. The lowest BCUT2D eigenvalue weighted by molar-refractivity contribution is -0.144. The summed E-state index contributed by atoms with van der Waals surface area (Å²) in [5, 5.41) is 10.3. The van der Waals surface area contributed by atoms with Crippen molar-refractivity contribution in [1.29, 1.82) is 0 Å². The van der Waals surface area contributed by atoms with E-state index >= 15 is 0 Å². The summed E-state index contributed by atoms with van der Waals surface area (Å²) in [6, 6.07) is 16.9. The molecule has 1 aliphatic heterocycles. The average Bonchev–Trinajstić information content (AvgIpc) is 3.47. The zero-order valence-electron chi connectivity index (χ0n) is 23.1. The molecule has 2 aromatic carbocycles. The Balaban J connectivity index is 1.31. The lowest BCUT2D eigenvalue weighted by Gasteiger charge is -2.30. The SMILES string of the molecule is CC(C)CC(C(=O)NO)N1CCC(N)(c2ccc(OCc3cc(C4CC4(C)C)nc4ccccc34)cc2)C1=O. The minimum atomic E-state index is -1.24. The van der Waals surface area contributed by atoms with Crippen molar-refractivity contribution in [1.82, 2.24) is 15.4 Å². The number of benzene rings is 2. The Morgan fingerprint density at radius 1 is 1.21 bits per heavy atom. The number of hydrogen-bond acceptors (Lipinski definition) is 6. The number of nitrogens with zero attached hydrogens (tertiary/aromatic N) is 2. The third kappa shape index (κ3) is 5.23. The molecule has 0 spiro atoms. The van der Waals surface area contributed by atoms with Crippen LogP contribution >= 0.6 is 0 Å². The Morgan fingerprint density at radius 3 is 2.54 bits per heavy atom. The van der Waals surface area contributed by atoms with Gasteiger partial charge in [0.05, 0.1) is 5.52 Å². The molecule has 0 bridgehead atoms. The molecule has 1 saturated carbocycles. The molecule has 8 heteroatoms. The maximum atomic E-state index is 13.4. The smallest absolute Gasteiger partial charge is 0.266 e. The van der Waals surface area contributed by atoms with E-state index in [9.17, 15) is 14.8 Å². The van der Waals surface area contributed by atoms with Crippen LogP contribution < -0.4 is 16.0 Å². The van der Waals surface area contributed by atoms with Gasteiger partial charge in [0.2, 0.25) is 5.91 Å². The summed E-state index contributed by atoms with van der Waals surface area (Å²) >= 11 is 0. The van der Waals surface area contributed by atoms with E-state index in [1.54, 1.807) is 5.48 Å². The van der Waals surface area contributed by atoms with Crippen LogP contribution in [0.15, 0.2) is 54.6 Å². The third-order valence-electron chi connectivity index (χ3n) is 8.33. The quantitative estimate of drug-likeness (QED) is 0.274. The lowest BCUT2D eigenvalue weighted by Crippen LogP contribution is -2.52.